The second kappa shape index (κ2) is 8.14. The van der Waals surface area contributed by atoms with Crippen LogP contribution in [0.1, 0.15) is 18.3 Å². The van der Waals surface area contributed by atoms with Gasteiger partial charge in [0, 0.05) is 19.3 Å². The lowest BCUT2D eigenvalue weighted by Crippen LogP contribution is -2.38. The van der Waals surface area contributed by atoms with Crippen LogP contribution in [0.25, 0.3) is 5.65 Å². The number of rotatable bonds is 6. The van der Waals surface area contributed by atoms with E-state index in [9.17, 15) is 5.11 Å². The van der Waals surface area contributed by atoms with Gasteiger partial charge in [-0.3, -0.25) is 4.40 Å². The number of hydrogen-bond acceptors (Lipinski definition) is 4. The van der Waals surface area contributed by atoms with Crippen molar-refractivity contribution in [2.45, 2.75) is 19.9 Å². The standard InChI is InChI=1S/C18H22N6O/c1-2-19-18(20-10-9-14-6-5-7-15(25)12-14)21-13-17-23-22-16-8-3-4-11-24(16)17/h3-8,11-12,25H,2,9-10,13H2,1H3,(H2,19,20,21). The number of benzene rings is 1. The van der Waals surface area contributed by atoms with Crippen LogP contribution in [0.2, 0.25) is 0 Å². The monoisotopic (exact) mass is 338 g/mol. The van der Waals surface area contributed by atoms with Crippen molar-refractivity contribution < 1.29 is 5.11 Å². The molecule has 0 aliphatic heterocycles. The van der Waals surface area contributed by atoms with Gasteiger partial charge >= 0.3 is 0 Å². The molecule has 0 spiro atoms. The van der Waals surface area contributed by atoms with Gasteiger partial charge in [-0.2, -0.15) is 0 Å². The summed E-state index contributed by atoms with van der Waals surface area (Å²) < 4.78 is 1.93. The Bertz CT molecular complexity index is 857. The number of hydrogen-bond donors (Lipinski definition) is 3. The van der Waals surface area contributed by atoms with Gasteiger partial charge in [-0.05, 0) is 43.2 Å². The molecule has 0 saturated heterocycles. The Labute approximate surface area is 146 Å². The van der Waals surface area contributed by atoms with E-state index < -0.39 is 0 Å². The average Bonchev–Trinajstić information content (AvgIpc) is 3.03. The van der Waals surface area contributed by atoms with Crippen molar-refractivity contribution in [1.29, 1.82) is 0 Å². The number of aliphatic imine (C=N–C) groups is 1. The maximum atomic E-state index is 9.51. The Morgan fingerprint density at radius 2 is 2.08 bits per heavy atom. The van der Waals surface area contributed by atoms with Crippen molar-refractivity contribution in [2.75, 3.05) is 13.1 Å². The van der Waals surface area contributed by atoms with E-state index in [1.165, 1.54) is 0 Å². The molecular weight excluding hydrogens is 316 g/mol. The van der Waals surface area contributed by atoms with Gasteiger partial charge in [0.2, 0.25) is 0 Å². The number of aromatic hydroxyl groups is 1. The second-order valence-electron chi connectivity index (χ2n) is 5.59. The summed E-state index contributed by atoms with van der Waals surface area (Å²) in [7, 11) is 0. The smallest absolute Gasteiger partial charge is 0.191 e. The molecule has 25 heavy (non-hydrogen) atoms. The molecule has 2 aromatic heterocycles. The number of guanidine groups is 1. The van der Waals surface area contributed by atoms with E-state index in [-0.39, 0.29) is 5.75 Å². The van der Waals surface area contributed by atoms with Crippen LogP contribution in [-0.2, 0) is 13.0 Å². The van der Waals surface area contributed by atoms with E-state index in [2.05, 4.69) is 25.8 Å². The van der Waals surface area contributed by atoms with Crippen LogP contribution >= 0.6 is 0 Å². The summed E-state index contributed by atoms with van der Waals surface area (Å²) in [6, 6.07) is 13.1. The molecule has 0 amide bonds. The number of pyridine rings is 1. The lowest BCUT2D eigenvalue weighted by molar-refractivity contribution is 0.474. The van der Waals surface area contributed by atoms with Gasteiger partial charge in [0.25, 0.3) is 0 Å². The highest BCUT2D eigenvalue weighted by molar-refractivity contribution is 5.79. The number of phenolic OH excluding ortho intramolecular Hbond substituents is 1. The maximum Gasteiger partial charge on any atom is 0.191 e. The molecule has 0 fully saturated rings. The first kappa shape index (κ1) is 16.8. The highest BCUT2D eigenvalue weighted by atomic mass is 16.3. The quantitative estimate of drug-likeness (QED) is 0.471. The van der Waals surface area contributed by atoms with Crippen LogP contribution in [0.15, 0.2) is 53.7 Å². The molecule has 3 rings (SSSR count). The minimum absolute atomic E-state index is 0.289. The summed E-state index contributed by atoms with van der Waals surface area (Å²) in [5.74, 6) is 1.81. The van der Waals surface area contributed by atoms with E-state index >= 15 is 0 Å². The minimum Gasteiger partial charge on any atom is -0.508 e. The van der Waals surface area contributed by atoms with Crippen molar-refractivity contribution >= 4 is 11.6 Å². The molecule has 7 heteroatoms. The Hall–Kier alpha value is -3.09. The predicted octanol–water partition coefficient (Wildman–Crippen LogP) is 1.73. The van der Waals surface area contributed by atoms with Crippen LogP contribution in [0.4, 0.5) is 0 Å². The molecule has 1 aromatic carbocycles. The van der Waals surface area contributed by atoms with E-state index in [1.54, 1.807) is 12.1 Å². The van der Waals surface area contributed by atoms with Gasteiger partial charge in [-0.1, -0.05) is 18.2 Å². The fraction of sp³-hybridized carbons (Fsp3) is 0.278. The largest absolute Gasteiger partial charge is 0.508 e. The number of phenols is 1. The maximum absolute atomic E-state index is 9.51. The van der Waals surface area contributed by atoms with Crippen molar-refractivity contribution in [3.63, 3.8) is 0 Å². The topological polar surface area (TPSA) is 86.8 Å². The Balaban J connectivity index is 1.61. The number of fused-ring (bicyclic) bond motifs is 1. The molecule has 0 radical (unpaired) electrons. The zero-order valence-electron chi connectivity index (χ0n) is 14.2. The zero-order chi connectivity index (χ0) is 17.5. The summed E-state index contributed by atoms with van der Waals surface area (Å²) in [6.45, 7) is 3.96. The summed E-state index contributed by atoms with van der Waals surface area (Å²) in [5.41, 5.74) is 1.89. The molecule has 0 aliphatic rings. The van der Waals surface area contributed by atoms with Crippen molar-refractivity contribution in [3.05, 3.63) is 60.0 Å². The summed E-state index contributed by atoms with van der Waals surface area (Å²) in [5, 5.41) is 24.4. The molecule has 3 N–H and O–H groups in total. The van der Waals surface area contributed by atoms with E-state index in [4.69, 9.17) is 0 Å². The van der Waals surface area contributed by atoms with Crippen LogP contribution < -0.4 is 10.6 Å². The molecule has 0 bridgehead atoms. The fourth-order valence-electron chi connectivity index (χ4n) is 2.53. The van der Waals surface area contributed by atoms with Gasteiger partial charge in [0.15, 0.2) is 17.4 Å². The Morgan fingerprint density at radius 3 is 2.92 bits per heavy atom. The minimum atomic E-state index is 0.289. The normalized spacial score (nSPS) is 11.6. The van der Waals surface area contributed by atoms with Crippen LogP contribution in [0, 0.1) is 0 Å². The van der Waals surface area contributed by atoms with E-state index in [0.29, 0.717) is 6.54 Å². The van der Waals surface area contributed by atoms with Crippen molar-refractivity contribution in [1.82, 2.24) is 25.2 Å². The number of nitrogens with one attached hydrogen (secondary N) is 2. The average molecular weight is 338 g/mol. The Morgan fingerprint density at radius 1 is 1.16 bits per heavy atom. The Kier molecular flexibility index (Phi) is 5.46. The van der Waals surface area contributed by atoms with Gasteiger partial charge in [-0.25, -0.2) is 4.99 Å². The molecule has 0 atom stereocenters. The van der Waals surface area contributed by atoms with Gasteiger partial charge in [0.05, 0.1) is 0 Å². The van der Waals surface area contributed by atoms with Gasteiger partial charge in [0.1, 0.15) is 12.3 Å². The van der Waals surface area contributed by atoms with Crippen LogP contribution in [0.3, 0.4) is 0 Å². The molecule has 0 unspecified atom stereocenters. The van der Waals surface area contributed by atoms with Gasteiger partial charge in [-0.15, -0.1) is 10.2 Å². The summed E-state index contributed by atoms with van der Waals surface area (Å²) in [4.78, 5) is 4.58. The first-order chi connectivity index (χ1) is 12.3. The van der Waals surface area contributed by atoms with Crippen LogP contribution in [0.5, 0.6) is 5.75 Å². The molecule has 0 aliphatic carbocycles. The third-order valence-corrected chi connectivity index (χ3v) is 3.72. The molecule has 3 aromatic rings. The highest BCUT2D eigenvalue weighted by Gasteiger charge is 2.04. The van der Waals surface area contributed by atoms with Crippen molar-refractivity contribution in [2.24, 2.45) is 4.99 Å². The predicted molar refractivity (Wildman–Crippen MR) is 97.6 cm³/mol. The number of nitrogens with zero attached hydrogens (tertiary/aromatic N) is 4. The van der Waals surface area contributed by atoms with Crippen molar-refractivity contribution in [3.8, 4) is 5.75 Å². The van der Waals surface area contributed by atoms with Gasteiger partial charge < -0.3 is 15.7 Å². The van der Waals surface area contributed by atoms with E-state index in [0.717, 1.165) is 42.5 Å². The SMILES string of the molecule is CCNC(=NCc1nnc2ccccn12)NCCc1cccc(O)c1. The molecule has 130 valence electrons. The third kappa shape index (κ3) is 4.47. The first-order valence-corrected chi connectivity index (χ1v) is 8.35. The lowest BCUT2D eigenvalue weighted by Gasteiger charge is -2.11. The second-order valence-corrected chi connectivity index (χ2v) is 5.59. The summed E-state index contributed by atoms with van der Waals surface area (Å²) in [6.07, 6.45) is 2.73. The van der Waals surface area contributed by atoms with E-state index in [1.807, 2.05) is 47.9 Å². The van der Waals surface area contributed by atoms with Crippen LogP contribution in [-0.4, -0.2) is 38.8 Å². The molecule has 7 nitrogen and oxygen atoms in total. The molecule has 0 saturated carbocycles. The molecule has 2 heterocycles. The summed E-state index contributed by atoms with van der Waals surface area (Å²) >= 11 is 0. The fourth-order valence-corrected chi connectivity index (χ4v) is 2.53. The third-order valence-electron chi connectivity index (χ3n) is 3.72. The zero-order valence-corrected chi connectivity index (χ0v) is 14.2. The lowest BCUT2D eigenvalue weighted by atomic mass is 10.1. The highest BCUT2D eigenvalue weighted by Crippen LogP contribution is 2.10. The first-order valence-electron chi connectivity index (χ1n) is 8.35. The number of aromatic nitrogens is 3. The molecular formula is C18H22N6O.